The lowest BCUT2D eigenvalue weighted by Crippen LogP contribution is -2.37. The number of benzene rings is 1. The monoisotopic (exact) mass is 262 g/mol. The summed E-state index contributed by atoms with van der Waals surface area (Å²) in [5.41, 5.74) is 1.28. The first-order chi connectivity index (χ1) is 9.36. The maximum atomic E-state index is 5.46. The van der Waals surface area contributed by atoms with Gasteiger partial charge in [0.15, 0.2) is 11.5 Å². The second-order valence-electron chi connectivity index (χ2n) is 5.34. The Kier molecular flexibility index (Phi) is 3.89. The van der Waals surface area contributed by atoms with Crippen LogP contribution >= 0.6 is 0 Å². The van der Waals surface area contributed by atoms with E-state index >= 15 is 0 Å². The first-order valence-corrected chi connectivity index (χ1v) is 7.17. The molecule has 1 aromatic carbocycles. The zero-order valence-corrected chi connectivity index (χ0v) is 11.4. The molecule has 2 atom stereocenters. The molecule has 4 heteroatoms. The number of rotatable bonds is 4. The van der Waals surface area contributed by atoms with Crippen LogP contribution in [0.25, 0.3) is 0 Å². The highest BCUT2D eigenvalue weighted by Gasteiger charge is 2.21. The van der Waals surface area contributed by atoms with Crippen molar-refractivity contribution in [3.05, 3.63) is 23.8 Å². The van der Waals surface area contributed by atoms with E-state index in [9.17, 15) is 0 Å². The molecule has 0 aromatic heterocycles. The van der Waals surface area contributed by atoms with Crippen LogP contribution in [0.4, 0.5) is 0 Å². The Bertz CT molecular complexity index is 430. The molecule has 2 aliphatic heterocycles. The topological polar surface area (TPSA) is 42.5 Å². The maximum absolute atomic E-state index is 5.46. The minimum Gasteiger partial charge on any atom is -0.454 e. The predicted molar refractivity (Wildman–Crippen MR) is 74.6 cm³/mol. The molecular weight excluding hydrogens is 240 g/mol. The summed E-state index contributed by atoms with van der Waals surface area (Å²) < 4.78 is 10.8. The van der Waals surface area contributed by atoms with Crippen LogP contribution in [0.15, 0.2) is 18.2 Å². The third kappa shape index (κ3) is 2.85. The van der Waals surface area contributed by atoms with Gasteiger partial charge in [-0.05, 0) is 50.6 Å². The largest absolute Gasteiger partial charge is 0.454 e. The number of hydrogen-bond acceptors (Lipinski definition) is 4. The summed E-state index contributed by atoms with van der Waals surface area (Å²) in [6.07, 6.45) is 5.05. The highest BCUT2D eigenvalue weighted by Crippen LogP contribution is 2.35. The molecule has 2 heterocycles. The Hall–Kier alpha value is -1.26. The van der Waals surface area contributed by atoms with Crippen molar-refractivity contribution in [2.45, 2.75) is 37.8 Å². The Morgan fingerprint density at radius 3 is 3.00 bits per heavy atom. The normalized spacial score (nSPS) is 23.3. The van der Waals surface area contributed by atoms with Gasteiger partial charge < -0.3 is 20.1 Å². The van der Waals surface area contributed by atoms with E-state index in [1.807, 2.05) is 13.1 Å². The molecule has 1 aromatic rings. The molecule has 0 amide bonds. The van der Waals surface area contributed by atoms with Gasteiger partial charge in [0.25, 0.3) is 0 Å². The summed E-state index contributed by atoms with van der Waals surface area (Å²) in [7, 11) is 2.03. The van der Waals surface area contributed by atoms with Crippen molar-refractivity contribution in [1.29, 1.82) is 0 Å². The molecule has 3 rings (SSSR count). The van der Waals surface area contributed by atoms with Crippen LogP contribution in [0.1, 0.15) is 37.3 Å². The summed E-state index contributed by atoms with van der Waals surface area (Å²) in [5, 5.41) is 7.03. The molecular formula is C15H22N2O2. The SMILES string of the molecule is CNC(CC1CCCCN1)c1ccc2c(c1)OCO2. The zero-order valence-electron chi connectivity index (χ0n) is 11.4. The van der Waals surface area contributed by atoms with Crippen LogP contribution in [0.3, 0.4) is 0 Å². The lowest BCUT2D eigenvalue weighted by Gasteiger charge is -2.28. The molecule has 2 N–H and O–H groups in total. The third-order valence-corrected chi connectivity index (χ3v) is 4.08. The minimum atomic E-state index is 0.340. The standard InChI is InChI=1S/C15H22N2O2/c1-16-13(9-12-4-2-3-7-17-12)11-5-6-14-15(8-11)19-10-18-14/h5-6,8,12-13,16-17H,2-4,7,9-10H2,1H3. The fraction of sp³-hybridized carbons (Fsp3) is 0.600. The number of hydrogen-bond donors (Lipinski definition) is 2. The Morgan fingerprint density at radius 2 is 2.21 bits per heavy atom. The minimum absolute atomic E-state index is 0.340. The van der Waals surface area contributed by atoms with Crippen molar-refractivity contribution < 1.29 is 9.47 Å². The molecule has 104 valence electrons. The zero-order chi connectivity index (χ0) is 13.1. The van der Waals surface area contributed by atoms with E-state index in [0.717, 1.165) is 24.5 Å². The summed E-state index contributed by atoms with van der Waals surface area (Å²) in [6.45, 7) is 1.50. The van der Waals surface area contributed by atoms with E-state index in [-0.39, 0.29) is 0 Å². The summed E-state index contributed by atoms with van der Waals surface area (Å²) in [5.74, 6) is 1.73. The average molecular weight is 262 g/mol. The van der Waals surface area contributed by atoms with Crippen molar-refractivity contribution in [3.63, 3.8) is 0 Å². The highest BCUT2D eigenvalue weighted by molar-refractivity contribution is 5.45. The van der Waals surface area contributed by atoms with Gasteiger partial charge in [-0.1, -0.05) is 12.5 Å². The second kappa shape index (κ2) is 5.80. The molecule has 4 nitrogen and oxygen atoms in total. The third-order valence-electron chi connectivity index (χ3n) is 4.08. The number of fused-ring (bicyclic) bond motifs is 1. The van der Waals surface area contributed by atoms with Crippen molar-refractivity contribution in [3.8, 4) is 11.5 Å². The molecule has 0 saturated carbocycles. The van der Waals surface area contributed by atoms with Crippen LogP contribution in [-0.2, 0) is 0 Å². The van der Waals surface area contributed by atoms with E-state index in [1.165, 1.54) is 24.8 Å². The molecule has 19 heavy (non-hydrogen) atoms. The van der Waals surface area contributed by atoms with Gasteiger partial charge >= 0.3 is 0 Å². The van der Waals surface area contributed by atoms with Crippen molar-refractivity contribution >= 4 is 0 Å². The lowest BCUT2D eigenvalue weighted by molar-refractivity contribution is 0.174. The van der Waals surface area contributed by atoms with Gasteiger partial charge in [0.2, 0.25) is 6.79 Å². The molecule has 1 fully saturated rings. The van der Waals surface area contributed by atoms with E-state index < -0.39 is 0 Å². The molecule has 0 spiro atoms. The fourth-order valence-corrected chi connectivity index (χ4v) is 2.96. The first-order valence-electron chi connectivity index (χ1n) is 7.17. The van der Waals surface area contributed by atoms with Crippen LogP contribution < -0.4 is 20.1 Å². The fourth-order valence-electron chi connectivity index (χ4n) is 2.96. The summed E-state index contributed by atoms with van der Waals surface area (Å²) >= 11 is 0. The van der Waals surface area contributed by atoms with Gasteiger partial charge in [0.1, 0.15) is 0 Å². The Balaban J connectivity index is 1.70. The van der Waals surface area contributed by atoms with Gasteiger partial charge in [0, 0.05) is 12.1 Å². The predicted octanol–water partition coefficient (Wildman–Crippen LogP) is 2.21. The van der Waals surface area contributed by atoms with Gasteiger partial charge in [-0.15, -0.1) is 0 Å². The quantitative estimate of drug-likeness (QED) is 0.873. The highest BCUT2D eigenvalue weighted by atomic mass is 16.7. The molecule has 0 bridgehead atoms. The van der Waals surface area contributed by atoms with Crippen molar-refractivity contribution in [2.24, 2.45) is 0 Å². The van der Waals surface area contributed by atoms with Crippen LogP contribution in [0.5, 0.6) is 11.5 Å². The Morgan fingerprint density at radius 1 is 1.32 bits per heavy atom. The second-order valence-corrected chi connectivity index (χ2v) is 5.34. The molecule has 2 unspecified atom stereocenters. The molecule has 1 saturated heterocycles. The van der Waals surface area contributed by atoms with Gasteiger partial charge in [-0.3, -0.25) is 0 Å². The van der Waals surface area contributed by atoms with Crippen molar-refractivity contribution in [2.75, 3.05) is 20.4 Å². The number of ether oxygens (including phenoxy) is 2. The molecule has 0 radical (unpaired) electrons. The van der Waals surface area contributed by atoms with E-state index in [0.29, 0.717) is 18.9 Å². The Labute approximate surface area is 114 Å². The molecule has 2 aliphatic rings. The summed E-state index contributed by atoms with van der Waals surface area (Å²) in [4.78, 5) is 0. The molecule has 0 aliphatic carbocycles. The van der Waals surface area contributed by atoms with Crippen LogP contribution in [-0.4, -0.2) is 26.4 Å². The first kappa shape index (κ1) is 12.8. The smallest absolute Gasteiger partial charge is 0.231 e. The van der Waals surface area contributed by atoms with Gasteiger partial charge in [-0.2, -0.15) is 0 Å². The van der Waals surface area contributed by atoms with Gasteiger partial charge in [-0.25, -0.2) is 0 Å². The van der Waals surface area contributed by atoms with E-state index in [1.54, 1.807) is 0 Å². The van der Waals surface area contributed by atoms with Crippen LogP contribution in [0, 0.1) is 0 Å². The number of piperidine rings is 1. The number of nitrogens with one attached hydrogen (secondary N) is 2. The maximum Gasteiger partial charge on any atom is 0.231 e. The van der Waals surface area contributed by atoms with E-state index in [4.69, 9.17) is 9.47 Å². The van der Waals surface area contributed by atoms with Crippen LogP contribution in [0.2, 0.25) is 0 Å². The van der Waals surface area contributed by atoms with E-state index in [2.05, 4.69) is 22.8 Å². The summed E-state index contributed by atoms with van der Waals surface area (Å²) in [6, 6.07) is 7.24. The van der Waals surface area contributed by atoms with Crippen molar-refractivity contribution in [1.82, 2.24) is 10.6 Å². The van der Waals surface area contributed by atoms with Gasteiger partial charge in [0.05, 0.1) is 0 Å². The average Bonchev–Trinajstić information content (AvgIpc) is 2.93. The lowest BCUT2D eigenvalue weighted by atomic mass is 9.94.